The van der Waals surface area contributed by atoms with Crippen LogP contribution in [-0.2, 0) is 4.79 Å². The molecule has 7 nitrogen and oxygen atoms in total. The number of hydrogen-bond acceptors (Lipinski definition) is 3. The molecule has 2 aromatic carbocycles. The fraction of sp³-hybridized carbons (Fsp3) is 0.346. The number of urea groups is 1. The van der Waals surface area contributed by atoms with Crippen molar-refractivity contribution < 1.29 is 9.59 Å². The highest BCUT2D eigenvalue weighted by Gasteiger charge is 2.22. The Kier molecular flexibility index (Phi) is 7.21. The van der Waals surface area contributed by atoms with E-state index in [-0.39, 0.29) is 24.0 Å². The highest BCUT2D eigenvalue weighted by molar-refractivity contribution is 5.93. The minimum absolute atomic E-state index is 0.0706. The normalized spacial score (nSPS) is 11.2. The summed E-state index contributed by atoms with van der Waals surface area (Å²) in [5.74, 6) is 0.102. The average molecular weight is 448 g/mol. The van der Waals surface area contributed by atoms with Crippen LogP contribution >= 0.6 is 0 Å². The van der Waals surface area contributed by atoms with E-state index in [1.807, 2.05) is 80.9 Å². The molecule has 3 aromatic rings. The summed E-state index contributed by atoms with van der Waals surface area (Å²) in [6.45, 7) is 12.0. The molecule has 0 spiro atoms. The number of nitrogens with one attached hydrogen (secondary N) is 2. The number of likely N-dealkylation sites (N-methyl/N-ethyl adjacent to an activating group) is 1. The summed E-state index contributed by atoms with van der Waals surface area (Å²) >= 11 is 0. The summed E-state index contributed by atoms with van der Waals surface area (Å²) in [5.41, 5.74) is 4.57. The maximum Gasteiger partial charge on any atom is 0.318 e. The zero-order valence-electron chi connectivity index (χ0n) is 20.3. The van der Waals surface area contributed by atoms with Crippen LogP contribution in [0, 0.1) is 13.8 Å². The maximum absolute atomic E-state index is 12.9. The number of aromatic nitrogens is 2. The summed E-state index contributed by atoms with van der Waals surface area (Å²) in [6, 6.07) is 15.7. The SMILES string of the molecule is CCN(CC(=O)Nc1nc(-c2ccccc2)cn1-c1ccc(C)c(C)c1)C(=O)NC(C)(C)C. The Bertz CT molecular complexity index is 1130. The second-order valence-electron chi connectivity index (χ2n) is 9.20. The maximum atomic E-state index is 12.9. The Hall–Kier alpha value is -3.61. The zero-order valence-corrected chi connectivity index (χ0v) is 20.3. The lowest BCUT2D eigenvalue weighted by Gasteiger charge is -2.27. The van der Waals surface area contributed by atoms with Gasteiger partial charge in [0.25, 0.3) is 0 Å². The molecule has 0 aliphatic rings. The van der Waals surface area contributed by atoms with Crippen molar-refractivity contribution in [3.8, 4) is 16.9 Å². The Morgan fingerprint density at radius 3 is 2.33 bits per heavy atom. The van der Waals surface area contributed by atoms with Gasteiger partial charge in [-0.1, -0.05) is 36.4 Å². The van der Waals surface area contributed by atoms with Gasteiger partial charge < -0.3 is 10.2 Å². The van der Waals surface area contributed by atoms with Crippen LogP contribution < -0.4 is 10.6 Å². The molecule has 1 heterocycles. The third kappa shape index (κ3) is 6.22. The van der Waals surface area contributed by atoms with Gasteiger partial charge >= 0.3 is 6.03 Å². The number of carbonyl (C=O) groups is 2. The van der Waals surface area contributed by atoms with Crippen LogP contribution in [-0.4, -0.2) is 45.0 Å². The molecule has 2 N–H and O–H groups in total. The number of aryl methyl sites for hydroxylation is 2. The van der Waals surface area contributed by atoms with Gasteiger partial charge in [0.15, 0.2) is 0 Å². The third-order valence-corrected chi connectivity index (χ3v) is 5.28. The molecular formula is C26H33N5O2. The highest BCUT2D eigenvalue weighted by atomic mass is 16.2. The molecule has 0 bridgehead atoms. The molecule has 0 aliphatic carbocycles. The van der Waals surface area contributed by atoms with Gasteiger partial charge in [-0.25, -0.2) is 9.78 Å². The monoisotopic (exact) mass is 447 g/mol. The highest BCUT2D eigenvalue weighted by Crippen LogP contribution is 2.25. The van der Waals surface area contributed by atoms with Crippen LogP contribution in [0.4, 0.5) is 10.7 Å². The molecule has 0 atom stereocenters. The number of carbonyl (C=O) groups excluding carboxylic acids is 2. The Morgan fingerprint density at radius 2 is 1.73 bits per heavy atom. The lowest BCUT2D eigenvalue weighted by atomic mass is 10.1. The van der Waals surface area contributed by atoms with Crippen molar-refractivity contribution in [3.05, 3.63) is 65.9 Å². The number of imidazole rings is 1. The van der Waals surface area contributed by atoms with Crippen molar-refractivity contribution in [2.24, 2.45) is 0 Å². The standard InChI is InChI=1S/C26H33N5O2/c1-7-30(25(33)29-26(4,5)6)17-23(32)28-24-27-22(20-11-9-8-10-12-20)16-31(24)21-14-13-18(2)19(3)15-21/h8-16H,7,17H2,1-6H3,(H,29,33)(H,27,28,32). The van der Waals surface area contributed by atoms with Gasteiger partial charge in [-0.05, 0) is 64.8 Å². The Morgan fingerprint density at radius 1 is 1.03 bits per heavy atom. The van der Waals surface area contributed by atoms with Gasteiger partial charge in [0.1, 0.15) is 6.54 Å². The molecule has 0 aliphatic heterocycles. The molecule has 0 saturated heterocycles. The van der Waals surface area contributed by atoms with Gasteiger partial charge in [-0.3, -0.25) is 14.7 Å². The fourth-order valence-electron chi connectivity index (χ4n) is 3.35. The van der Waals surface area contributed by atoms with E-state index in [0.717, 1.165) is 22.5 Å². The average Bonchev–Trinajstić information content (AvgIpc) is 3.17. The third-order valence-electron chi connectivity index (χ3n) is 5.28. The van der Waals surface area contributed by atoms with Crippen molar-refractivity contribution in [2.75, 3.05) is 18.4 Å². The smallest absolute Gasteiger partial charge is 0.318 e. The van der Waals surface area contributed by atoms with Gasteiger partial charge in [0, 0.05) is 29.5 Å². The minimum atomic E-state index is -0.384. The van der Waals surface area contributed by atoms with Crippen LogP contribution in [0.3, 0.4) is 0 Å². The summed E-state index contributed by atoms with van der Waals surface area (Å²) in [6.07, 6.45) is 1.92. The van der Waals surface area contributed by atoms with E-state index < -0.39 is 0 Å². The first kappa shape index (κ1) is 24.0. The number of benzene rings is 2. The summed E-state index contributed by atoms with van der Waals surface area (Å²) < 4.78 is 1.87. The van der Waals surface area contributed by atoms with Gasteiger partial charge in [-0.2, -0.15) is 0 Å². The van der Waals surface area contributed by atoms with Gasteiger partial charge in [0.2, 0.25) is 11.9 Å². The van der Waals surface area contributed by atoms with E-state index in [1.54, 1.807) is 0 Å². The predicted molar refractivity (Wildman–Crippen MR) is 133 cm³/mol. The zero-order chi connectivity index (χ0) is 24.2. The lowest BCUT2D eigenvalue weighted by molar-refractivity contribution is -0.116. The van der Waals surface area contributed by atoms with Crippen molar-refractivity contribution in [1.29, 1.82) is 0 Å². The van der Waals surface area contributed by atoms with Gasteiger partial charge in [0.05, 0.1) is 5.69 Å². The number of anilines is 1. The molecule has 0 fully saturated rings. The van der Waals surface area contributed by atoms with E-state index in [9.17, 15) is 9.59 Å². The van der Waals surface area contributed by atoms with Crippen molar-refractivity contribution >= 4 is 17.9 Å². The van der Waals surface area contributed by atoms with Crippen molar-refractivity contribution in [2.45, 2.75) is 47.1 Å². The second-order valence-corrected chi connectivity index (χ2v) is 9.20. The van der Waals surface area contributed by atoms with Crippen LogP contribution in [0.5, 0.6) is 0 Å². The number of hydrogen-bond donors (Lipinski definition) is 2. The van der Waals surface area contributed by atoms with E-state index in [1.165, 1.54) is 10.5 Å². The summed E-state index contributed by atoms with van der Waals surface area (Å²) in [5, 5.41) is 5.81. The largest absolute Gasteiger partial charge is 0.333 e. The molecule has 0 radical (unpaired) electrons. The first-order chi connectivity index (χ1) is 15.6. The van der Waals surface area contributed by atoms with E-state index in [2.05, 4.69) is 30.5 Å². The van der Waals surface area contributed by atoms with Crippen molar-refractivity contribution in [3.63, 3.8) is 0 Å². The Labute approximate surface area is 195 Å². The topological polar surface area (TPSA) is 79.3 Å². The Balaban J connectivity index is 1.89. The fourth-order valence-corrected chi connectivity index (χ4v) is 3.35. The van der Waals surface area contributed by atoms with Crippen LogP contribution in [0.25, 0.3) is 16.9 Å². The lowest BCUT2D eigenvalue weighted by Crippen LogP contribution is -2.50. The van der Waals surface area contributed by atoms with E-state index in [4.69, 9.17) is 4.98 Å². The molecule has 3 rings (SSSR count). The van der Waals surface area contributed by atoms with Crippen LogP contribution in [0.15, 0.2) is 54.7 Å². The molecule has 0 saturated carbocycles. The van der Waals surface area contributed by atoms with Crippen molar-refractivity contribution in [1.82, 2.24) is 19.8 Å². The molecule has 7 heteroatoms. The van der Waals surface area contributed by atoms with Gasteiger partial charge in [-0.15, -0.1) is 0 Å². The quantitative estimate of drug-likeness (QED) is 0.563. The first-order valence-electron chi connectivity index (χ1n) is 11.2. The molecular weight excluding hydrogens is 414 g/mol. The molecule has 0 unspecified atom stereocenters. The molecule has 1 aromatic heterocycles. The van der Waals surface area contributed by atoms with E-state index >= 15 is 0 Å². The number of rotatable bonds is 6. The number of amides is 3. The molecule has 174 valence electrons. The number of nitrogens with zero attached hydrogens (tertiary/aromatic N) is 3. The summed E-state index contributed by atoms with van der Waals surface area (Å²) in [4.78, 5) is 31.6. The second kappa shape index (κ2) is 9.90. The summed E-state index contributed by atoms with van der Waals surface area (Å²) in [7, 11) is 0. The molecule has 33 heavy (non-hydrogen) atoms. The minimum Gasteiger partial charge on any atom is -0.333 e. The predicted octanol–water partition coefficient (Wildman–Crippen LogP) is 4.92. The first-order valence-corrected chi connectivity index (χ1v) is 11.2. The van der Waals surface area contributed by atoms with Crippen LogP contribution in [0.1, 0.15) is 38.8 Å². The van der Waals surface area contributed by atoms with Crippen LogP contribution in [0.2, 0.25) is 0 Å². The van der Waals surface area contributed by atoms with E-state index in [0.29, 0.717) is 12.5 Å². The molecule has 3 amide bonds.